The summed E-state index contributed by atoms with van der Waals surface area (Å²) in [5, 5.41) is 0. The molecule has 0 aliphatic heterocycles. The van der Waals surface area contributed by atoms with Crippen LogP contribution in [0.1, 0.15) is 13.3 Å². The van der Waals surface area contributed by atoms with Crippen molar-refractivity contribution in [2.75, 3.05) is 18.5 Å². The molecule has 1 aromatic heterocycles. The maximum absolute atomic E-state index is 5.51. The number of pyridine rings is 1. The largest absolute Gasteiger partial charge is 0.357 e. The second kappa shape index (κ2) is 5.32. The normalized spacial score (nSPS) is 12.6. The number of aromatic nitrogens is 1. The number of hydrogen-bond acceptors (Lipinski definition) is 3. The van der Waals surface area contributed by atoms with E-state index >= 15 is 0 Å². The Morgan fingerprint density at radius 2 is 2.29 bits per heavy atom. The van der Waals surface area contributed by atoms with Gasteiger partial charge in [0, 0.05) is 23.8 Å². The van der Waals surface area contributed by atoms with Gasteiger partial charge in [-0.05, 0) is 48.0 Å². The zero-order valence-corrected chi connectivity index (χ0v) is 10.2. The Morgan fingerprint density at radius 1 is 1.57 bits per heavy atom. The minimum atomic E-state index is 0.425. The van der Waals surface area contributed by atoms with E-state index in [-0.39, 0.29) is 0 Å². The molecule has 0 bridgehead atoms. The van der Waals surface area contributed by atoms with Crippen molar-refractivity contribution in [2.45, 2.75) is 19.4 Å². The Hall–Kier alpha value is -0.610. The highest BCUT2D eigenvalue weighted by Gasteiger charge is 2.09. The Balaban J connectivity index is 2.68. The van der Waals surface area contributed by atoms with Crippen LogP contribution in [0.3, 0.4) is 0 Å². The fourth-order valence-electron chi connectivity index (χ4n) is 1.24. The van der Waals surface area contributed by atoms with E-state index in [1.54, 1.807) is 6.20 Å². The van der Waals surface area contributed by atoms with Gasteiger partial charge in [-0.2, -0.15) is 0 Å². The fraction of sp³-hybridized carbons (Fsp3) is 0.500. The van der Waals surface area contributed by atoms with E-state index in [0.29, 0.717) is 12.6 Å². The lowest BCUT2D eigenvalue weighted by atomic mass is 10.2. The van der Waals surface area contributed by atoms with Gasteiger partial charge in [0.1, 0.15) is 5.82 Å². The van der Waals surface area contributed by atoms with E-state index in [9.17, 15) is 0 Å². The van der Waals surface area contributed by atoms with Crippen LogP contribution in [0.2, 0.25) is 0 Å². The summed E-state index contributed by atoms with van der Waals surface area (Å²) >= 11 is 3.36. The van der Waals surface area contributed by atoms with E-state index in [0.717, 1.165) is 16.7 Å². The molecule has 3 nitrogen and oxygen atoms in total. The molecule has 1 unspecified atom stereocenters. The standard InChI is InChI=1S/C10H16BrN3/c1-8(5-6-12)14(2)10-4-3-9(11)7-13-10/h3-4,7-8H,5-6,12H2,1-2H3. The Morgan fingerprint density at radius 3 is 2.79 bits per heavy atom. The summed E-state index contributed by atoms with van der Waals surface area (Å²) in [6.07, 6.45) is 2.79. The average molecular weight is 258 g/mol. The SMILES string of the molecule is CC(CCN)N(C)c1ccc(Br)cn1. The molecule has 1 rings (SSSR count). The van der Waals surface area contributed by atoms with Crippen molar-refractivity contribution in [3.05, 3.63) is 22.8 Å². The topological polar surface area (TPSA) is 42.1 Å². The van der Waals surface area contributed by atoms with Crippen LogP contribution in [0.15, 0.2) is 22.8 Å². The maximum atomic E-state index is 5.51. The van der Waals surface area contributed by atoms with Crippen LogP contribution >= 0.6 is 15.9 Å². The molecule has 0 aliphatic carbocycles. The molecule has 1 aromatic rings. The van der Waals surface area contributed by atoms with Crippen LogP contribution in [-0.4, -0.2) is 24.6 Å². The summed E-state index contributed by atoms with van der Waals surface area (Å²) < 4.78 is 1.00. The van der Waals surface area contributed by atoms with E-state index in [1.165, 1.54) is 0 Å². The number of anilines is 1. The first-order valence-electron chi connectivity index (χ1n) is 4.69. The lowest BCUT2D eigenvalue weighted by molar-refractivity contribution is 0.629. The van der Waals surface area contributed by atoms with Gasteiger partial charge in [0.05, 0.1) is 0 Å². The van der Waals surface area contributed by atoms with Crippen LogP contribution in [-0.2, 0) is 0 Å². The van der Waals surface area contributed by atoms with E-state index in [4.69, 9.17) is 5.73 Å². The van der Waals surface area contributed by atoms with E-state index in [1.807, 2.05) is 19.2 Å². The van der Waals surface area contributed by atoms with Crippen LogP contribution in [0.25, 0.3) is 0 Å². The van der Waals surface area contributed by atoms with Gasteiger partial charge in [-0.1, -0.05) is 0 Å². The number of hydrogen-bond donors (Lipinski definition) is 1. The predicted octanol–water partition coefficient (Wildman–Crippen LogP) is 2.02. The minimum absolute atomic E-state index is 0.425. The molecule has 0 aliphatic rings. The van der Waals surface area contributed by atoms with Crippen LogP contribution in [0.5, 0.6) is 0 Å². The summed E-state index contributed by atoms with van der Waals surface area (Å²) in [5.74, 6) is 0.981. The molecule has 4 heteroatoms. The van der Waals surface area contributed by atoms with Crippen molar-refractivity contribution in [1.29, 1.82) is 0 Å². The van der Waals surface area contributed by atoms with E-state index in [2.05, 4.69) is 32.7 Å². The molecule has 0 spiro atoms. The van der Waals surface area contributed by atoms with Crippen LogP contribution in [0.4, 0.5) is 5.82 Å². The fourth-order valence-corrected chi connectivity index (χ4v) is 1.47. The number of halogens is 1. The van der Waals surface area contributed by atoms with Crippen molar-refractivity contribution in [3.63, 3.8) is 0 Å². The van der Waals surface area contributed by atoms with E-state index < -0.39 is 0 Å². The highest BCUT2D eigenvalue weighted by atomic mass is 79.9. The summed E-state index contributed by atoms with van der Waals surface area (Å²) in [7, 11) is 2.04. The molecule has 1 atom stereocenters. The van der Waals surface area contributed by atoms with Crippen molar-refractivity contribution >= 4 is 21.7 Å². The zero-order chi connectivity index (χ0) is 10.6. The lowest BCUT2D eigenvalue weighted by Gasteiger charge is -2.25. The van der Waals surface area contributed by atoms with Crippen molar-refractivity contribution in [2.24, 2.45) is 5.73 Å². The first kappa shape index (κ1) is 11.5. The lowest BCUT2D eigenvalue weighted by Crippen LogP contribution is -2.31. The Labute approximate surface area is 93.4 Å². The second-order valence-electron chi connectivity index (χ2n) is 3.37. The van der Waals surface area contributed by atoms with Gasteiger partial charge in [0.25, 0.3) is 0 Å². The monoisotopic (exact) mass is 257 g/mol. The van der Waals surface area contributed by atoms with Crippen molar-refractivity contribution in [1.82, 2.24) is 4.98 Å². The van der Waals surface area contributed by atoms with Gasteiger partial charge in [-0.3, -0.25) is 0 Å². The Kier molecular flexibility index (Phi) is 4.35. The van der Waals surface area contributed by atoms with Gasteiger partial charge in [0.15, 0.2) is 0 Å². The summed E-state index contributed by atoms with van der Waals surface area (Å²) in [6.45, 7) is 2.86. The molecule has 0 amide bonds. The molecule has 1 heterocycles. The van der Waals surface area contributed by atoms with Gasteiger partial charge in [0.2, 0.25) is 0 Å². The third-order valence-corrected chi connectivity index (χ3v) is 2.79. The van der Waals surface area contributed by atoms with Gasteiger partial charge in [-0.25, -0.2) is 4.98 Å². The zero-order valence-electron chi connectivity index (χ0n) is 8.57. The molecular weight excluding hydrogens is 242 g/mol. The van der Waals surface area contributed by atoms with Crippen molar-refractivity contribution < 1.29 is 0 Å². The van der Waals surface area contributed by atoms with Crippen LogP contribution in [0, 0.1) is 0 Å². The summed E-state index contributed by atoms with van der Waals surface area (Å²) in [6, 6.07) is 4.42. The molecular formula is C10H16BrN3. The third kappa shape index (κ3) is 2.96. The molecule has 0 radical (unpaired) electrons. The average Bonchev–Trinajstić information content (AvgIpc) is 2.18. The third-order valence-electron chi connectivity index (χ3n) is 2.32. The quantitative estimate of drug-likeness (QED) is 0.898. The molecule has 0 saturated carbocycles. The smallest absolute Gasteiger partial charge is 0.128 e. The van der Waals surface area contributed by atoms with Gasteiger partial charge >= 0.3 is 0 Å². The highest BCUT2D eigenvalue weighted by Crippen LogP contribution is 2.16. The second-order valence-corrected chi connectivity index (χ2v) is 4.29. The first-order chi connectivity index (χ1) is 6.65. The molecule has 14 heavy (non-hydrogen) atoms. The molecule has 2 N–H and O–H groups in total. The predicted molar refractivity (Wildman–Crippen MR) is 63.5 cm³/mol. The minimum Gasteiger partial charge on any atom is -0.357 e. The molecule has 0 aromatic carbocycles. The van der Waals surface area contributed by atoms with Crippen LogP contribution < -0.4 is 10.6 Å². The maximum Gasteiger partial charge on any atom is 0.128 e. The molecule has 78 valence electrons. The van der Waals surface area contributed by atoms with Crippen molar-refractivity contribution in [3.8, 4) is 0 Å². The van der Waals surface area contributed by atoms with Gasteiger partial charge in [-0.15, -0.1) is 0 Å². The Bertz CT molecular complexity index is 273. The summed E-state index contributed by atoms with van der Waals surface area (Å²) in [4.78, 5) is 6.46. The molecule has 0 saturated heterocycles. The number of nitrogens with two attached hydrogens (primary N) is 1. The highest BCUT2D eigenvalue weighted by molar-refractivity contribution is 9.10. The molecule has 0 fully saturated rings. The first-order valence-corrected chi connectivity index (χ1v) is 5.49. The number of nitrogens with zero attached hydrogens (tertiary/aromatic N) is 2. The summed E-state index contributed by atoms with van der Waals surface area (Å²) in [5.41, 5.74) is 5.51. The number of rotatable bonds is 4. The van der Waals surface area contributed by atoms with Gasteiger partial charge < -0.3 is 10.6 Å².